The van der Waals surface area contributed by atoms with Gasteiger partial charge >= 0.3 is 0 Å². The molecule has 0 aromatic heterocycles. The Morgan fingerprint density at radius 3 is 2.43 bits per heavy atom. The van der Waals surface area contributed by atoms with Crippen molar-refractivity contribution in [3.05, 3.63) is 22.2 Å². The third-order valence-corrected chi connectivity index (χ3v) is 4.44. The van der Waals surface area contributed by atoms with Gasteiger partial charge in [0.2, 0.25) is 0 Å². The summed E-state index contributed by atoms with van der Waals surface area (Å²) in [6, 6.07) is 4.43. The summed E-state index contributed by atoms with van der Waals surface area (Å²) in [6.07, 6.45) is 6.23. The maximum absolute atomic E-state index is 5.61. The van der Waals surface area contributed by atoms with Crippen molar-refractivity contribution >= 4 is 15.9 Å². The predicted octanol–water partition coefficient (Wildman–Crippen LogP) is 5.09. The molecular formula is C17H28BrNO2. The van der Waals surface area contributed by atoms with Gasteiger partial charge in [-0.1, -0.05) is 39.5 Å². The Morgan fingerprint density at radius 1 is 1.10 bits per heavy atom. The average molecular weight is 358 g/mol. The molecule has 0 aliphatic carbocycles. The van der Waals surface area contributed by atoms with Gasteiger partial charge in [0.15, 0.2) is 0 Å². The van der Waals surface area contributed by atoms with Gasteiger partial charge in [0.05, 0.1) is 14.2 Å². The van der Waals surface area contributed by atoms with Crippen LogP contribution in [0.5, 0.6) is 11.5 Å². The molecule has 0 amide bonds. The minimum atomic E-state index is 0.323. The molecule has 120 valence electrons. The third-order valence-electron chi connectivity index (χ3n) is 3.69. The van der Waals surface area contributed by atoms with Gasteiger partial charge in [-0.2, -0.15) is 0 Å². The fraction of sp³-hybridized carbons (Fsp3) is 0.647. The van der Waals surface area contributed by atoms with Crippen LogP contribution in [0.15, 0.2) is 16.6 Å². The molecule has 0 saturated heterocycles. The molecular weight excluding hydrogens is 330 g/mol. The van der Waals surface area contributed by atoms with E-state index in [1.54, 1.807) is 14.2 Å². The highest BCUT2D eigenvalue weighted by Gasteiger charge is 2.19. The molecule has 3 nitrogen and oxygen atoms in total. The highest BCUT2D eigenvalue weighted by atomic mass is 79.9. The van der Waals surface area contributed by atoms with Crippen LogP contribution in [0.1, 0.15) is 57.6 Å². The maximum atomic E-state index is 5.61. The van der Waals surface area contributed by atoms with E-state index in [0.717, 1.165) is 28.9 Å². The molecule has 0 spiro atoms. The molecule has 1 aromatic rings. The van der Waals surface area contributed by atoms with Gasteiger partial charge in [-0.05, 0) is 41.0 Å². The summed E-state index contributed by atoms with van der Waals surface area (Å²) < 4.78 is 11.8. The summed E-state index contributed by atoms with van der Waals surface area (Å²) in [5.41, 5.74) is 1.20. The van der Waals surface area contributed by atoms with Crippen LogP contribution in [0.4, 0.5) is 0 Å². The van der Waals surface area contributed by atoms with Crippen LogP contribution in [-0.2, 0) is 0 Å². The average Bonchev–Trinajstić information content (AvgIpc) is 2.50. The van der Waals surface area contributed by atoms with E-state index in [0.29, 0.717) is 6.04 Å². The zero-order valence-corrected chi connectivity index (χ0v) is 15.3. The lowest BCUT2D eigenvalue weighted by Gasteiger charge is -2.22. The van der Waals surface area contributed by atoms with Crippen molar-refractivity contribution in [2.75, 3.05) is 20.8 Å². The first kappa shape index (κ1) is 18.3. The van der Waals surface area contributed by atoms with Crippen molar-refractivity contribution in [2.45, 2.75) is 52.0 Å². The number of nitrogens with one attached hydrogen (secondary N) is 1. The summed E-state index contributed by atoms with van der Waals surface area (Å²) in [7, 11) is 3.38. The second-order valence-corrected chi connectivity index (χ2v) is 5.96. The van der Waals surface area contributed by atoms with Crippen LogP contribution in [0.3, 0.4) is 0 Å². The number of unbranched alkanes of at least 4 members (excludes halogenated alkanes) is 3. The lowest BCUT2D eigenvalue weighted by Crippen LogP contribution is -2.21. The molecule has 0 fully saturated rings. The smallest absolute Gasteiger partial charge is 0.141 e. The maximum Gasteiger partial charge on any atom is 0.141 e. The molecule has 4 heteroatoms. The molecule has 0 saturated carbocycles. The van der Waals surface area contributed by atoms with E-state index in [-0.39, 0.29) is 0 Å². The van der Waals surface area contributed by atoms with Gasteiger partial charge in [-0.15, -0.1) is 0 Å². The van der Waals surface area contributed by atoms with E-state index in [1.807, 2.05) is 6.07 Å². The standard InChI is InChI=1S/C17H28BrNO2/c1-5-7-8-9-10-14(19-6-2)13-11-12-15(20-3)16(18)17(13)21-4/h11-12,14,19H,5-10H2,1-4H3. The summed E-state index contributed by atoms with van der Waals surface area (Å²) >= 11 is 3.59. The van der Waals surface area contributed by atoms with E-state index in [9.17, 15) is 0 Å². The van der Waals surface area contributed by atoms with Crippen LogP contribution in [0, 0.1) is 0 Å². The Balaban J connectivity index is 2.93. The van der Waals surface area contributed by atoms with Gasteiger partial charge in [0, 0.05) is 11.6 Å². The van der Waals surface area contributed by atoms with Crippen LogP contribution >= 0.6 is 15.9 Å². The van der Waals surface area contributed by atoms with Crippen molar-refractivity contribution in [1.82, 2.24) is 5.32 Å². The number of ether oxygens (including phenoxy) is 2. The van der Waals surface area contributed by atoms with E-state index >= 15 is 0 Å². The summed E-state index contributed by atoms with van der Waals surface area (Å²) in [4.78, 5) is 0. The SMILES string of the molecule is CCCCCCC(NCC)c1ccc(OC)c(Br)c1OC. The van der Waals surface area contributed by atoms with E-state index < -0.39 is 0 Å². The zero-order chi connectivity index (χ0) is 15.7. The number of hydrogen-bond acceptors (Lipinski definition) is 3. The molecule has 1 rings (SSSR count). The Hall–Kier alpha value is -0.740. The Morgan fingerprint density at radius 2 is 1.86 bits per heavy atom. The summed E-state index contributed by atoms with van der Waals surface area (Å²) in [6.45, 7) is 5.33. The first-order valence-corrected chi connectivity index (χ1v) is 8.62. The zero-order valence-electron chi connectivity index (χ0n) is 13.7. The molecule has 0 bridgehead atoms. The molecule has 1 unspecified atom stereocenters. The number of halogens is 1. The molecule has 0 aliphatic rings. The molecule has 0 aliphatic heterocycles. The lowest BCUT2D eigenvalue weighted by molar-refractivity contribution is 0.376. The quantitative estimate of drug-likeness (QED) is 0.591. The van der Waals surface area contributed by atoms with Crippen LogP contribution in [0.2, 0.25) is 0 Å². The lowest BCUT2D eigenvalue weighted by atomic mass is 9.98. The summed E-state index contributed by atoms with van der Waals surface area (Å²) in [5.74, 6) is 1.67. The van der Waals surface area contributed by atoms with Gasteiger partial charge in [-0.25, -0.2) is 0 Å². The minimum Gasteiger partial charge on any atom is -0.495 e. The van der Waals surface area contributed by atoms with Gasteiger partial charge in [-0.3, -0.25) is 0 Å². The Kier molecular flexibility index (Phi) is 8.77. The highest BCUT2D eigenvalue weighted by molar-refractivity contribution is 9.10. The monoisotopic (exact) mass is 357 g/mol. The fourth-order valence-electron chi connectivity index (χ4n) is 2.58. The van der Waals surface area contributed by atoms with Crippen molar-refractivity contribution in [3.8, 4) is 11.5 Å². The van der Waals surface area contributed by atoms with E-state index in [2.05, 4.69) is 41.2 Å². The van der Waals surface area contributed by atoms with Crippen molar-refractivity contribution < 1.29 is 9.47 Å². The second kappa shape index (κ2) is 10.1. The Bertz CT molecular complexity index is 423. The molecule has 0 heterocycles. The number of methoxy groups -OCH3 is 2. The van der Waals surface area contributed by atoms with Gasteiger partial charge < -0.3 is 14.8 Å². The summed E-state index contributed by atoms with van der Waals surface area (Å²) in [5, 5.41) is 3.57. The van der Waals surface area contributed by atoms with Gasteiger partial charge in [0.25, 0.3) is 0 Å². The minimum absolute atomic E-state index is 0.323. The van der Waals surface area contributed by atoms with Gasteiger partial charge in [0.1, 0.15) is 16.0 Å². The van der Waals surface area contributed by atoms with Crippen molar-refractivity contribution in [2.24, 2.45) is 0 Å². The van der Waals surface area contributed by atoms with E-state index in [1.165, 1.54) is 31.2 Å². The predicted molar refractivity (Wildman–Crippen MR) is 92.4 cm³/mol. The molecule has 1 aromatic carbocycles. The third kappa shape index (κ3) is 5.19. The molecule has 1 N–H and O–H groups in total. The first-order valence-electron chi connectivity index (χ1n) is 7.83. The number of hydrogen-bond donors (Lipinski definition) is 1. The molecule has 21 heavy (non-hydrogen) atoms. The largest absolute Gasteiger partial charge is 0.495 e. The normalized spacial score (nSPS) is 12.2. The molecule has 1 atom stereocenters. The number of rotatable bonds is 10. The van der Waals surface area contributed by atoms with Crippen molar-refractivity contribution in [1.29, 1.82) is 0 Å². The van der Waals surface area contributed by atoms with Crippen LogP contribution < -0.4 is 14.8 Å². The van der Waals surface area contributed by atoms with Crippen molar-refractivity contribution in [3.63, 3.8) is 0 Å². The highest BCUT2D eigenvalue weighted by Crippen LogP contribution is 2.40. The second-order valence-electron chi connectivity index (χ2n) is 5.16. The topological polar surface area (TPSA) is 30.5 Å². The van der Waals surface area contributed by atoms with Crippen LogP contribution in [0.25, 0.3) is 0 Å². The first-order chi connectivity index (χ1) is 10.2. The van der Waals surface area contributed by atoms with E-state index in [4.69, 9.17) is 9.47 Å². The number of benzene rings is 1. The fourth-order valence-corrected chi connectivity index (χ4v) is 3.27. The van der Waals surface area contributed by atoms with Crippen LogP contribution in [-0.4, -0.2) is 20.8 Å². The Labute approximate surface area is 137 Å². The molecule has 0 radical (unpaired) electrons.